The van der Waals surface area contributed by atoms with E-state index in [9.17, 15) is 9.59 Å². The fourth-order valence-corrected chi connectivity index (χ4v) is 4.18. The van der Waals surface area contributed by atoms with Crippen molar-refractivity contribution >= 4 is 22.9 Å². The van der Waals surface area contributed by atoms with Crippen LogP contribution in [0.15, 0.2) is 48.7 Å². The highest BCUT2D eigenvalue weighted by Crippen LogP contribution is 2.37. The van der Waals surface area contributed by atoms with Gasteiger partial charge in [0.05, 0.1) is 12.2 Å². The maximum absolute atomic E-state index is 13.1. The first kappa shape index (κ1) is 16.8. The van der Waals surface area contributed by atoms with Crippen LogP contribution in [-0.2, 0) is 16.0 Å². The van der Waals surface area contributed by atoms with E-state index in [1.165, 1.54) is 15.8 Å². The monoisotopic (exact) mass is 376 g/mol. The molecule has 0 spiro atoms. The molecule has 3 aromatic rings. The number of aromatic amines is 1. The highest BCUT2D eigenvalue weighted by atomic mass is 16.6. The molecule has 142 valence electrons. The Hall–Kier alpha value is -3.35. The predicted octanol–water partition coefficient (Wildman–Crippen LogP) is 2.49. The number of hydrogen-bond donors (Lipinski definition) is 1. The number of para-hydroxylation sites is 1. The summed E-state index contributed by atoms with van der Waals surface area (Å²) in [6.45, 7) is 1.39. The van der Waals surface area contributed by atoms with Gasteiger partial charge in [-0.25, -0.2) is 4.79 Å². The van der Waals surface area contributed by atoms with Gasteiger partial charge in [-0.05, 0) is 30.2 Å². The van der Waals surface area contributed by atoms with E-state index >= 15 is 0 Å². The summed E-state index contributed by atoms with van der Waals surface area (Å²) in [4.78, 5) is 36.2. The molecule has 2 aliphatic heterocycles. The molecule has 5 rings (SSSR count). The lowest BCUT2D eigenvalue weighted by Gasteiger charge is -2.36. The summed E-state index contributed by atoms with van der Waals surface area (Å²) in [6, 6.07) is 13.6. The lowest BCUT2D eigenvalue weighted by atomic mass is 9.94. The van der Waals surface area contributed by atoms with Crippen LogP contribution in [-0.4, -0.2) is 58.0 Å². The maximum Gasteiger partial charge on any atom is 0.410 e. The normalized spacial score (nSPS) is 19.0. The molecular formula is C21H20N4O3. The van der Waals surface area contributed by atoms with Crippen LogP contribution in [0.2, 0.25) is 0 Å². The molecule has 0 unspecified atom stereocenters. The van der Waals surface area contributed by atoms with Crippen LogP contribution in [0.1, 0.15) is 23.0 Å². The molecule has 2 aliphatic rings. The molecule has 1 N–H and O–H groups in total. The molecule has 28 heavy (non-hydrogen) atoms. The van der Waals surface area contributed by atoms with Crippen molar-refractivity contribution in [3.05, 3.63) is 65.6 Å². The summed E-state index contributed by atoms with van der Waals surface area (Å²) in [5.74, 6) is -0.0983. The van der Waals surface area contributed by atoms with Crippen molar-refractivity contribution in [2.75, 3.05) is 26.2 Å². The summed E-state index contributed by atoms with van der Waals surface area (Å²) in [6.07, 6.45) is 2.08. The van der Waals surface area contributed by atoms with Gasteiger partial charge < -0.3 is 14.6 Å². The van der Waals surface area contributed by atoms with Crippen LogP contribution < -0.4 is 0 Å². The fraction of sp³-hybridized carbons (Fsp3) is 0.286. The zero-order valence-electron chi connectivity index (χ0n) is 15.3. The van der Waals surface area contributed by atoms with E-state index in [1.54, 1.807) is 6.20 Å². The summed E-state index contributed by atoms with van der Waals surface area (Å²) in [5.41, 5.74) is 4.11. The largest absolute Gasteiger partial charge is 0.448 e. The molecule has 2 amide bonds. The molecule has 1 aromatic carbocycles. The second kappa shape index (κ2) is 6.67. The van der Waals surface area contributed by atoms with Gasteiger partial charge in [-0.15, -0.1) is 0 Å². The molecule has 1 fully saturated rings. The summed E-state index contributed by atoms with van der Waals surface area (Å²) in [7, 11) is 0. The Kier molecular flexibility index (Phi) is 4.00. The van der Waals surface area contributed by atoms with Crippen molar-refractivity contribution in [2.45, 2.75) is 12.5 Å². The lowest BCUT2D eigenvalue weighted by molar-refractivity contribution is -0.134. The fourth-order valence-electron chi connectivity index (χ4n) is 4.18. The van der Waals surface area contributed by atoms with Crippen LogP contribution in [0, 0.1) is 0 Å². The molecule has 0 bridgehead atoms. The Morgan fingerprint density at radius 3 is 2.82 bits per heavy atom. The summed E-state index contributed by atoms with van der Waals surface area (Å²) in [5, 5.41) is 1.19. The van der Waals surface area contributed by atoms with Crippen molar-refractivity contribution in [3.63, 3.8) is 0 Å². The van der Waals surface area contributed by atoms with E-state index in [0.29, 0.717) is 19.7 Å². The van der Waals surface area contributed by atoms with Crippen LogP contribution in [0.5, 0.6) is 0 Å². The number of hydrogen-bond acceptors (Lipinski definition) is 4. The Balaban J connectivity index is 1.55. The first-order valence-electron chi connectivity index (χ1n) is 9.44. The standard InChI is InChI=1S/C21H20N4O3/c26-18(13-24-11-12-28-21(24)27)25-10-8-15-14-5-1-2-6-16(14)23-19(15)20(25)17-7-3-4-9-22-17/h1-7,9,20,23H,8,10-13H2/t20-/m0/s1. The molecule has 7 heteroatoms. The highest BCUT2D eigenvalue weighted by molar-refractivity contribution is 5.87. The predicted molar refractivity (Wildman–Crippen MR) is 103 cm³/mol. The summed E-state index contributed by atoms with van der Waals surface area (Å²) < 4.78 is 4.96. The Morgan fingerprint density at radius 2 is 2.04 bits per heavy atom. The molecule has 2 aromatic heterocycles. The number of pyridine rings is 1. The summed E-state index contributed by atoms with van der Waals surface area (Å²) >= 11 is 0. The number of cyclic esters (lactones) is 1. The smallest absolute Gasteiger partial charge is 0.410 e. The second-order valence-corrected chi connectivity index (χ2v) is 7.09. The van der Waals surface area contributed by atoms with Gasteiger partial charge in [0.15, 0.2) is 0 Å². The first-order chi connectivity index (χ1) is 13.7. The number of aromatic nitrogens is 2. The zero-order valence-corrected chi connectivity index (χ0v) is 15.3. The number of fused-ring (bicyclic) bond motifs is 3. The zero-order chi connectivity index (χ0) is 19.1. The van der Waals surface area contributed by atoms with Gasteiger partial charge in [-0.2, -0.15) is 0 Å². The molecule has 1 atom stereocenters. The molecule has 0 radical (unpaired) electrons. The number of carbonyl (C=O) groups is 2. The lowest BCUT2D eigenvalue weighted by Crippen LogP contribution is -2.46. The van der Waals surface area contributed by atoms with Gasteiger partial charge in [0.1, 0.15) is 19.2 Å². The number of H-pyrrole nitrogens is 1. The van der Waals surface area contributed by atoms with Crippen molar-refractivity contribution in [2.24, 2.45) is 0 Å². The highest BCUT2D eigenvalue weighted by Gasteiger charge is 2.36. The third-order valence-corrected chi connectivity index (χ3v) is 5.49. The molecule has 0 saturated carbocycles. The Labute approximate surface area is 161 Å². The topological polar surface area (TPSA) is 78.5 Å². The van der Waals surface area contributed by atoms with E-state index in [-0.39, 0.29) is 18.5 Å². The van der Waals surface area contributed by atoms with Crippen molar-refractivity contribution in [3.8, 4) is 0 Å². The number of nitrogens with one attached hydrogen (secondary N) is 1. The van der Waals surface area contributed by atoms with Gasteiger partial charge in [0.2, 0.25) is 5.91 Å². The van der Waals surface area contributed by atoms with Crippen LogP contribution >= 0.6 is 0 Å². The van der Waals surface area contributed by atoms with E-state index in [2.05, 4.69) is 22.1 Å². The number of amides is 2. The number of carbonyl (C=O) groups excluding carboxylic acids is 2. The van der Waals surface area contributed by atoms with E-state index < -0.39 is 6.09 Å². The number of rotatable bonds is 3. The van der Waals surface area contributed by atoms with Crippen LogP contribution in [0.25, 0.3) is 10.9 Å². The molecule has 0 aliphatic carbocycles. The van der Waals surface area contributed by atoms with Crippen LogP contribution in [0.4, 0.5) is 4.79 Å². The third-order valence-electron chi connectivity index (χ3n) is 5.49. The average Bonchev–Trinajstić information content (AvgIpc) is 3.31. The first-order valence-corrected chi connectivity index (χ1v) is 9.44. The average molecular weight is 376 g/mol. The minimum absolute atomic E-state index is 0.0255. The Morgan fingerprint density at radius 1 is 1.18 bits per heavy atom. The minimum Gasteiger partial charge on any atom is -0.448 e. The van der Waals surface area contributed by atoms with Gasteiger partial charge in [0.25, 0.3) is 0 Å². The molecule has 4 heterocycles. The van der Waals surface area contributed by atoms with E-state index in [0.717, 1.165) is 23.3 Å². The SMILES string of the molecule is O=C1OCCN1CC(=O)N1CCc2c([nH]c3ccccc23)[C@@H]1c1ccccn1. The van der Waals surface area contributed by atoms with Gasteiger partial charge in [0, 0.05) is 29.3 Å². The third kappa shape index (κ3) is 2.70. The van der Waals surface area contributed by atoms with Crippen molar-refractivity contribution in [1.82, 2.24) is 19.8 Å². The van der Waals surface area contributed by atoms with Crippen LogP contribution in [0.3, 0.4) is 0 Å². The van der Waals surface area contributed by atoms with Crippen molar-refractivity contribution < 1.29 is 14.3 Å². The molecular weight excluding hydrogens is 356 g/mol. The maximum atomic E-state index is 13.1. The second-order valence-electron chi connectivity index (χ2n) is 7.09. The van der Waals surface area contributed by atoms with E-state index in [4.69, 9.17) is 4.74 Å². The van der Waals surface area contributed by atoms with Gasteiger partial charge in [-0.3, -0.25) is 14.7 Å². The molecule has 1 saturated heterocycles. The quantitative estimate of drug-likeness (QED) is 0.762. The number of ether oxygens (including phenoxy) is 1. The van der Waals surface area contributed by atoms with Gasteiger partial charge >= 0.3 is 6.09 Å². The Bertz CT molecular complexity index is 1050. The van der Waals surface area contributed by atoms with Gasteiger partial charge in [-0.1, -0.05) is 24.3 Å². The van der Waals surface area contributed by atoms with E-state index in [1.807, 2.05) is 35.2 Å². The number of benzene rings is 1. The number of nitrogens with zero attached hydrogens (tertiary/aromatic N) is 3. The minimum atomic E-state index is -0.425. The van der Waals surface area contributed by atoms with Crippen molar-refractivity contribution in [1.29, 1.82) is 0 Å². The molecule has 7 nitrogen and oxygen atoms in total.